The number of aliphatic hydroxyl groups is 1. The average molecular weight is 228 g/mol. The maximum absolute atomic E-state index is 10.2. The third-order valence-corrected chi connectivity index (χ3v) is 2.59. The summed E-state index contributed by atoms with van der Waals surface area (Å²) in [6.45, 7) is 1.76. The number of aromatic nitrogens is 2. The smallest absolute Gasteiger partial charge is 0.159 e. The van der Waals surface area contributed by atoms with Crippen molar-refractivity contribution in [3.63, 3.8) is 0 Å². The number of hydrogen-bond donors (Lipinski definition) is 1. The van der Waals surface area contributed by atoms with Crippen LogP contribution in [0.25, 0.3) is 0 Å². The van der Waals surface area contributed by atoms with Crippen LogP contribution in [-0.4, -0.2) is 40.8 Å². The Kier molecular flexibility index (Phi) is 4.46. The average Bonchev–Trinajstić information content (AvgIpc) is 2.60. The van der Waals surface area contributed by atoms with Crippen molar-refractivity contribution in [2.45, 2.75) is 31.7 Å². The first-order valence-corrected chi connectivity index (χ1v) is 5.22. The van der Waals surface area contributed by atoms with Crippen molar-refractivity contribution < 1.29 is 14.6 Å². The van der Waals surface area contributed by atoms with Gasteiger partial charge < -0.3 is 19.1 Å². The first-order valence-electron chi connectivity index (χ1n) is 5.22. The molecule has 0 radical (unpaired) electrons. The van der Waals surface area contributed by atoms with Gasteiger partial charge in [0.15, 0.2) is 6.29 Å². The molecule has 0 aliphatic carbocycles. The highest BCUT2D eigenvalue weighted by Crippen LogP contribution is 2.19. The van der Waals surface area contributed by atoms with E-state index in [4.69, 9.17) is 9.47 Å². The van der Waals surface area contributed by atoms with Crippen LogP contribution in [0.1, 0.15) is 19.2 Å². The summed E-state index contributed by atoms with van der Waals surface area (Å²) >= 11 is 0. The minimum atomic E-state index is -0.893. The van der Waals surface area contributed by atoms with E-state index in [0.717, 1.165) is 5.82 Å². The number of ether oxygens (including phenoxy) is 2. The second-order valence-corrected chi connectivity index (χ2v) is 4.23. The van der Waals surface area contributed by atoms with Gasteiger partial charge in [-0.15, -0.1) is 0 Å². The lowest BCUT2D eigenvalue weighted by Gasteiger charge is -2.26. The Balaban J connectivity index is 2.61. The molecule has 0 saturated carbocycles. The minimum Gasteiger partial charge on any atom is -0.390 e. The molecular weight excluding hydrogens is 208 g/mol. The van der Waals surface area contributed by atoms with Crippen molar-refractivity contribution in [2.24, 2.45) is 7.05 Å². The second-order valence-electron chi connectivity index (χ2n) is 4.23. The van der Waals surface area contributed by atoms with Gasteiger partial charge in [0.1, 0.15) is 5.82 Å². The standard InChI is InChI=1S/C11H20N2O3/c1-11(14,8-10(15-3)16-4)7-9-12-5-6-13(9)2/h5-6,10,14H,7-8H2,1-4H3. The van der Waals surface area contributed by atoms with Crippen LogP contribution in [0, 0.1) is 0 Å². The van der Waals surface area contributed by atoms with E-state index in [1.165, 1.54) is 0 Å². The zero-order valence-electron chi connectivity index (χ0n) is 10.3. The highest BCUT2D eigenvalue weighted by molar-refractivity contribution is 4.96. The Bertz CT molecular complexity index is 319. The zero-order valence-corrected chi connectivity index (χ0v) is 10.3. The molecule has 0 spiro atoms. The molecule has 16 heavy (non-hydrogen) atoms. The third-order valence-electron chi connectivity index (χ3n) is 2.59. The number of hydrogen-bond acceptors (Lipinski definition) is 4. The van der Waals surface area contributed by atoms with Gasteiger partial charge in [-0.3, -0.25) is 0 Å². The fourth-order valence-electron chi connectivity index (χ4n) is 1.60. The summed E-state index contributed by atoms with van der Waals surface area (Å²) < 4.78 is 12.0. The summed E-state index contributed by atoms with van der Waals surface area (Å²) in [7, 11) is 5.03. The van der Waals surface area contributed by atoms with Gasteiger partial charge in [0.25, 0.3) is 0 Å². The normalized spacial score (nSPS) is 15.4. The molecule has 5 nitrogen and oxygen atoms in total. The summed E-state index contributed by atoms with van der Waals surface area (Å²) in [4.78, 5) is 4.18. The van der Waals surface area contributed by atoms with E-state index in [0.29, 0.717) is 12.8 Å². The highest BCUT2D eigenvalue weighted by Gasteiger charge is 2.27. The van der Waals surface area contributed by atoms with E-state index in [1.54, 1.807) is 27.3 Å². The molecule has 1 unspecified atom stereocenters. The topological polar surface area (TPSA) is 56.5 Å². The van der Waals surface area contributed by atoms with Crippen LogP contribution in [0.4, 0.5) is 0 Å². The van der Waals surface area contributed by atoms with Gasteiger partial charge >= 0.3 is 0 Å². The van der Waals surface area contributed by atoms with E-state index in [2.05, 4.69) is 4.98 Å². The predicted octanol–water partition coefficient (Wildman–Crippen LogP) is 0.723. The molecule has 1 aromatic rings. The lowest BCUT2D eigenvalue weighted by molar-refractivity contribution is -0.140. The SMILES string of the molecule is COC(CC(C)(O)Cc1nccn1C)OC. The van der Waals surface area contributed by atoms with Crippen molar-refractivity contribution >= 4 is 0 Å². The molecule has 1 aromatic heterocycles. The van der Waals surface area contributed by atoms with Gasteiger partial charge in [0.05, 0.1) is 5.60 Å². The molecule has 1 atom stereocenters. The molecule has 0 aliphatic heterocycles. The number of methoxy groups -OCH3 is 2. The van der Waals surface area contributed by atoms with Crippen LogP contribution in [-0.2, 0) is 22.9 Å². The quantitative estimate of drug-likeness (QED) is 0.729. The largest absolute Gasteiger partial charge is 0.390 e. The van der Waals surface area contributed by atoms with Crippen LogP contribution in [0.5, 0.6) is 0 Å². The number of nitrogens with zero attached hydrogens (tertiary/aromatic N) is 2. The first-order chi connectivity index (χ1) is 7.48. The van der Waals surface area contributed by atoms with E-state index in [-0.39, 0.29) is 0 Å². The van der Waals surface area contributed by atoms with Gasteiger partial charge in [0, 0.05) is 46.5 Å². The van der Waals surface area contributed by atoms with Gasteiger partial charge in [-0.2, -0.15) is 0 Å². The molecule has 92 valence electrons. The van der Waals surface area contributed by atoms with Crippen LogP contribution < -0.4 is 0 Å². The molecule has 0 amide bonds. The Hall–Kier alpha value is -0.910. The van der Waals surface area contributed by atoms with Crippen LogP contribution >= 0.6 is 0 Å². The van der Waals surface area contributed by atoms with Crippen molar-refractivity contribution in [2.75, 3.05) is 14.2 Å². The summed E-state index contributed by atoms with van der Waals surface area (Å²) in [5.41, 5.74) is -0.893. The Labute approximate surface area is 96.0 Å². The summed E-state index contributed by atoms with van der Waals surface area (Å²) in [6.07, 6.45) is 4.06. The molecule has 0 fully saturated rings. The number of rotatable bonds is 6. The second kappa shape index (κ2) is 5.43. The molecule has 5 heteroatoms. The molecule has 0 saturated heterocycles. The van der Waals surface area contributed by atoms with Crippen LogP contribution in [0.15, 0.2) is 12.4 Å². The third kappa shape index (κ3) is 3.59. The Morgan fingerprint density at radius 1 is 1.50 bits per heavy atom. The molecule has 0 aliphatic rings. The molecule has 0 bridgehead atoms. The summed E-state index contributed by atoms with van der Waals surface area (Å²) in [5, 5.41) is 10.2. The predicted molar refractivity (Wildman–Crippen MR) is 60.0 cm³/mol. The molecule has 1 heterocycles. The lowest BCUT2D eigenvalue weighted by atomic mass is 9.97. The molecule has 0 aromatic carbocycles. The number of aryl methyl sites for hydroxylation is 1. The maximum Gasteiger partial charge on any atom is 0.159 e. The summed E-state index contributed by atoms with van der Waals surface area (Å²) in [6, 6.07) is 0. The van der Waals surface area contributed by atoms with E-state index >= 15 is 0 Å². The first kappa shape index (κ1) is 13.2. The van der Waals surface area contributed by atoms with Gasteiger partial charge in [0.2, 0.25) is 0 Å². The van der Waals surface area contributed by atoms with E-state index in [1.807, 2.05) is 17.8 Å². The summed E-state index contributed by atoms with van der Waals surface area (Å²) in [5.74, 6) is 0.843. The van der Waals surface area contributed by atoms with E-state index < -0.39 is 11.9 Å². The van der Waals surface area contributed by atoms with Crippen molar-refractivity contribution in [3.8, 4) is 0 Å². The Morgan fingerprint density at radius 2 is 2.12 bits per heavy atom. The monoisotopic (exact) mass is 228 g/mol. The van der Waals surface area contributed by atoms with Gasteiger partial charge in [-0.25, -0.2) is 4.98 Å². The Morgan fingerprint density at radius 3 is 2.56 bits per heavy atom. The molecular formula is C11H20N2O3. The fourth-order valence-corrected chi connectivity index (χ4v) is 1.60. The number of imidazole rings is 1. The fraction of sp³-hybridized carbons (Fsp3) is 0.727. The van der Waals surface area contributed by atoms with Gasteiger partial charge in [-0.05, 0) is 6.92 Å². The molecule has 1 rings (SSSR count). The lowest BCUT2D eigenvalue weighted by Crippen LogP contribution is -2.34. The van der Waals surface area contributed by atoms with Crippen LogP contribution in [0.3, 0.4) is 0 Å². The molecule has 1 N–H and O–H groups in total. The van der Waals surface area contributed by atoms with Crippen LogP contribution in [0.2, 0.25) is 0 Å². The zero-order chi connectivity index (χ0) is 12.2. The maximum atomic E-state index is 10.2. The minimum absolute atomic E-state index is 0.393. The van der Waals surface area contributed by atoms with E-state index in [9.17, 15) is 5.11 Å². The highest BCUT2D eigenvalue weighted by atomic mass is 16.7. The van der Waals surface area contributed by atoms with Crippen molar-refractivity contribution in [1.29, 1.82) is 0 Å². The van der Waals surface area contributed by atoms with Crippen molar-refractivity contribution in [1.82, 2.24) is 9.55 Å². The van der Waals surface area contributed by atoms with Crippen molar-refractivity contribution in [3.05, 3.63) is 18.2 Å². The van der Waals surface area contributed by atoms with Gasteiger partial charge in [-0.1, -0.05) is 0 Å².